The van der Waals surface area contributed by atoms with E-state index in [9.17, 15) is 5.11 Å². The van der Waals surface area contributed by atoms with Crippen LogP contribution in [0.5, 0.6) is 0 Å². The van der Waals surface area contributed by atoms with E-state index in [1.165, 1.54) is 0 Å². The summed E-state index contributed by atoms with van der Waals surface area (Å²) >= 11 is 16.9. The quantitative estimate of drug-likeness (QED) is 0.701. The predicted molar refractivity (Wildman–Crippen MR) is 86.3 cm³/mol. The highest BCUT2D eigenvalue weighted by molar-refractivity contribution is 9.10. The Morgan fingerprint density at radius 1 is 1.11 bits per heavy atom. The van der Waals surface area contributed by atoms with E-state index in [0.717, 1.165) is 9.37 Å². The van der Waals surface area contributed by atoms with Crippen molar-refractivity contribution in [3.05, 3.63) is 62.5 Å². The van der Waals surface area contributed by atoms with Gasteiger partial charge in [0.1, 0.15) is 0 Å². The molecule has 100 valence electrons. The number of aliphatic hydroxyl groups is 1. The van der Waals surface area contributed by atoms with E-state index in [-0.39, 0.29) is 0 Å². The van der Waals surface area contributed by atoms with Gasteiger partial charge in [-0.1, -0.05) is 39.1 Å². The summed E-state index contributed by atoms with van der Waals surface area (Å²) < 4.78 is 1.04. The number of thioether (sulfide) groups is 1. The van der Waals surface area contributed by atoms with Crippen molar-refractivity contribution in [3.63, 3.8) is 0 Å². The van der Waals surface area contributed by atoms with Crippen LogP contribution in [-0.2, 0) is 0 Å². The fourth-order valence-electron chi connectivity index (χ4n) is 1.57. The topological polar surface area (TPSA) is 20.2 Å². The van der Waals surface area contributed by atoms with Gasteiger partial charge in [0.2, 0.25) is 0 Å². The number of halogens is 3. The van der Waals surface area contributed by atoms with Crippen LogP contribution in [0, 0.1) is 0 Å². The molecule has 2 rings (SSSR count). The molecule has 1 nitrogen and oxygen atoms in total. The van der Waals surface area contributed by atoms with Crippen molar-refractivity contribution in [1.29, 1.82) is 0 Å². The molecule has 1 atom stereocenters. The van der Waals surface area contributed by atoms with Crippen molar-refractivity contribution in [2.45, 2.75) is 11.0 Å². The van der Waals surface area contributed by atoms with Gasteiger partial charge in [0, 0.05) is 30.7 Å². The highest BCUT2D eigenvalue weighted by atomic mass is 79.9. The Hall–Kier alpha value is -0.190. The minimum absolute atomic E-state index is 0.529. The third-order valence-electron chi connectivity index (χ3n) is 2.54. The maximum absolute atomic E-state index is 10.2. The van der Waals surface area contributed by atoms with Crippen molar-refractivity contribution in [1.82, 2.24) is 0 Å². The third kappa shape index (κ3) is 4.40. The van der Waals surface area contributed by atoms with Gasteiger partial charge in [-0.25, -0.2) is 0 Å². The zero-order valence-electron chi connectivity index (χ0n) is 9.82. The molecule has 1 unspecified atom stereocenters. The number of benzene rings is 2. The van der Waals surface area contributed by atoms with Gasteiger partial charge in [-0.2, -0.15) is 0 Å². The molecular weight excluding hydrogens is 367 g/mol. The third-order valence-corrected chi connectivity index (χ3v) is 4.73. The first-order valence-electron chi connectivity index (χ1n) is 5.57. The molecule has 0 saturated heterocycles. The van der Waals surface area contributed by atoms with Crippen LogP contribution in [0.4, 0.5) is 0 Å². The van der Waals surface area contributed by atoms with Crippen LogP contribution < -0.4 is 0 Å². The molecular formula is C14H11BrCl2OS. The zero-order chi connectivity index (χ0) is 13.8. The van der Waals surface area contributed by atoms with Gasteiger partial charge in [0.05, 0.1) is 6.10 Å². The SMILES string of the molecule is OC(CSc1ccc(Br)cc1)c1cc(Cl)ccc1Cl. The summed E-state index contributed by atoms with van der Waals surface area (Å²) in [5.74, 6) is 0.529. The van der Waals surface area contributed by atoms with Gasteiger partial charge in [-0.3, -0.25) is 0 Å². The average molecular weight is 378 g/mol. The summed E-state index contributed by atoms with van der Waals surface area (Å²) in [5.41, 5.74) is 0.666. The largest absolute Gasteiger partial charge is 0.387 e. The second-order valence-corrected chi connectivity index (χ2v) is 6.80. The smallest absolute Gasteiger partial charge is 0.0898 e. The maximum Gasteiger partial charge on any atom is 0.0898 e. The highest BCUT2D eigenvalue weighted by Crippen LogP contribution is 2.31. The summed E-state index contributed by atoms with van der Waals surface area (Å²) in [6.45, 7) is 0. The number of rotatable bonds is 4. The highest BCUT2D eigenvalue weighted by Gasteiger charge is 2.12. The van der Waals surface area contributed by atoms with Gasteiger partial charge in [0.15, 0.2) is 0 Å². The first-order valence-corrected chi connectivity index (χ1v) is 8.11. The van der Waals surface area contributed by atoms with Gasteiger partial charge in [0.25, 0.3) is 0 Å². The van der Waals surface area contributed by atoms with E-state index < -0.39 is 6.10 Å². The van der Waals surface area contributed by atoms with Crippen molar-refractivity contribution < 1.29 is 5.11 Å². The second kappa shape index (κ2) is 7.00. The molecule has 0 bridgehead atoms. The summed E-state index contributed by atoms with van der Waals surface area (Å²) in [4.78, 5) is 1.10. The minimum atomic E-state index is -0.639. The number of aliphatic hydroxyl groups excluding tert-OH is 1. The van der Waals surface area contributed by atoms with Crippen LogP contribution in [0.25, 0.3) is 0 Å². The molecule has 0 aliphatic rings. The van der Waals surface area contributed by atoms with Gasteiger partial charge < -0.3 is 5.11 Å². The molecule has 0 aliphatic carbocycles. The lowest BCUT2D eigenvalue weighted by molar-refractivity contribution is 0.204. The van der Waals surface area contributed by atoms with Crippen molar-refractivity contribution in [3.8, 4) is 0 Å². The molecule has 0 fully saturated rings. The molecule has 0 aliphatic heterocycles. The van der Waals surface area contributed by atoms with Gasteiger partial charge >= 0.3 is 0 Å². The first kappa shape index (κ1) is 15.2. The summed E-state index contributed by atoms with van der Waals surface area (Å²) in [7, 11) is 0. The van der Waals surface area contributed by atoms with Crippen molar-refractivity contribution in [2.24, 2.45) is 0 Å². The fourth-order valence-corrected chi connectivity index (χ4v) is 3.11. The molecule has 5 heteroatoms. The maximum atomic E-state index is 10.2. The Labute approximate surface area is 135 Å². The average Bonchev–Trinajstić information content (AvgIpc) is 2.40. The van der Waals surface area contributed by atoms with E-state index in [0.29, 0.717) is 21.4 Å². The minimum Gasteiger partial charge on any atom is -0.387 e. The molecule has 19 heavy (non-hydrogen) atoms. The summed E-state index contributed by atoms with van der Waals surface area (Å²) in [6.07, 6.45) is -0.639. The van der Waals surface area contributed by atoms with Crippen molar-refractivity contribution >= 4 is 50.9 Å². The molecule has 0 amide bonds. The van der Waals surface area contributed by atoms with Crippen molar-refractivity contribution in [2.75, 3.05) is 5.75 Å². The Morgan fingerprint density at radius 3 is 2.47 bits per heavy atom. The lowest BCUT2D eigenvalue weighted by Gasteiger charge is -2.12. The standard InChI is InChI=1S/C14H11BrCl2OS/c15-9-1-4-11(5-2-9)19-8-14(18)12-7-10(16)3-6-13(12)17/h1-7,14,18H,8H2. The van der Waals surface area contributed by atoms with Crippen LogP contribution in [0.2, 0.25) is 10.0 Å². The normalized spacial score (nSPS) is 12.4. The van der Waals surface area contributed by atoms with Crippen LogP contribution in [0.15, 0.2) is 51.8 Å². The van der Waals surface area contributed by atoms with E-state index in [4.69, 9.17) is 23.2 Å². The summed E-state index contributed by atoms with van der Waals surface area (Å²) in [6, 6.07) is 13.1. The number of hydrogen-bond acceptors (Lipinski definition) is 2. The lowest BCUT2D eigenvalue weighted by atomic mass is 10.1. The number of hydrogen-bond donors (Lipinski definition) is 1. The fraction of sp³-hybridized carbons (Fsp3) is 0.143. The Morgan fingerprint density at radius 2 is 1.79 bits per heavy atom. The molecule has 0 radical (unpaired) electrons. The Kier molecular flexibility index (Phi) is 5.60. The van der Waals surface area contributed by atoms with Crippen LogP contribution in [0.1, 0.15) is 11.7 Å². The van der Waals surface area contributed by atoms with E-state index in [1.807, 2.05) is 24.3 Å². The Bertz CT molecular complexity index is 560. The Balaban J connectivity index is 2.03. The summed E-state index contributed by atoms with van der Waals surface area (Å²) in [5, 5.41) is 11.3. The molecule has 1 N–H and O–H groups in total. The van der Waals surface area contributed by atoms with Gasteiger partial charge in [-0.05, 0) is 42.5 Å². The monoisotopic (exact) mass is 376 g/mol. The second-order valence-electron chi connectivity index (χ2n) is 3.95. The molecule has 0 aromatic heterocycles. The molecule has 0 saturated carbocycles. The van der Waals surface area contributed by atoms with Crippen LogP contribution >= 0.6 is 50.9 Å². The van der Waals surface area contributed by atoms with E-state index in [2.05, 4.69) is 15.9 Å². The lowest BCUT2D eigenvalue weighted by Crippen LogP contribution is -2.01. The van der Waals surface area contributed by atoms with Crippen LogP contribution in [-0.4, -0.2) is 10.9 Å². The molecule has 2 aromatic rings. The van der Waals surface area contributed by atoms with Gasteiger partial charge in [-0.15, -0.1) is 11.8 Å². The van der Waals surface area contributed by atoms with E-state index >= 15 is 0 Å². The zero-order valence-corrected chi connectivity index (χ0v) is 13.7. The first-order chi connectivity index (χ1) is 9.06. The molecule has 2 aromatic carbocycles. The van der Waals surface area contributed by atoms with E-state index in [1.54, 1.807) is 30.0 Å². The predicted octanol–water partition coefficient (Wildman–Crippen LogP) is 5.58. The molecule has 0 heterocycles. The molecule has 0 spiro atoms. The van der Waals surface area contributed by atoms with Crippen LogP contribution in [0.3, 0.4) is 0 Å².